The number of likely N-dealkylation sites (tertiary alicyclic amines) is 1. The highest BCUT2D eigenvalue weighted by atomic mass is 16.2. The van der Waals surface area contributed by atoms with Gasteiger partial charge in [-0.05, 0) is 93.8 Å². The number of hydrogen-bond donors (Lipinski definition) is 1. The molecule has 1 aliphatic heterocycles. The molecule has 1 aromatic carbocycles. The van der Waals surface area contributed by atoms with Gasteiger partial charge in [-0.2, -0.15) is 0 Å². The van der Waals surface area contributed by atoms with Crippen molar-refractivity contribution in [3.05, 3.63) is 54.4 Å². The molecule has 0 radical (unpaired) electrons. The monoisotopic (exact) mass is 391 g/mol. The highest BCUT2D eigenvalue weighted by molar-refractivity contribution is 5.83. The summed E-state index contributed by atoms with van der Waals surface area (Å²) in [6.07, 6.45) is 9.14. The van der Waals surface area contributed by atoms with Gasteiger partial charge < -0.3 is 10.2 Å². The first-order valence-electron chi connectivity index (χ1n) is 11.1. The van der Waals surface area contributed by atoms with Crippen LogP contribution in [0.1, 0.15) is 45.1 Å². The average molecular weight is 392 g/mol. The molecule has 4 nitrogen and oxygen atoms in total. The van der Waals surface area contributed by atoms with Crippen LogP contribution in [-0.2, 0) is 11.2 Å². The Labute approximate surface area is 174 Å². The van der Waals surface area contributed by atoms with E-state index in [4.69, 9.17) is 0 Å². The van der Waals surface area contributed by atoms with E-state index in [0.717, 1.165) is 38.3 Å². The summed E-state index contributed by atoms with van der Waals surface area (Å²) in [5.41, 5.74) is 3.32. The van der Waals surface area contributed by atoms with Gasteiger partial charge in [0.15, 0.2) is 0 Å². The number of nitrogens with zero attached hydrogens (tertiary/aromatic N) is 2. The van der Waals surface area contributed by atoms with Crippen molar-refractivity contribution in [2.75, 3.05) is 19.6 Å². The zero-order chi connectivity index (χ0) is 20.3. The number of pyridine rings is 1. The number of aromatic nitrogens is 1. The third-order valence-corrected chi connectivity index (χ3v) is 6.44. The van der Waals surface area contributed by atoms with Gasteiger partial charge in [0, 0.05) is 25.0 Å². The van der Waals surface area contributed by atoms with Crippen LogP contribution >= 0.6 is 0 Å². The van der Waals surface area contributed by atoms with Crippen LogP contribution in [0, 0.1) is 11.3 Å². The van der Waals surface area contributed by atoms with Crippen LogP contribution < -0.4 is 5.32 Å². The van der Waals surface area contributed by atoms with Gasteiger partial charge in [0.1, 0.15) is 0 Å². The maximum absolute atomic E-state index is 13.2. The Hall–Kier alpha value is -2.20. The molecule has 154 valence electrons. The number of nitrogens with one attached hydrogen (secondary N) is 1. The van der Waals surface area contributed by atoms with Crippen LogP contribution in [-0.4, -0.2) is 41.5 Å². The zero-order valence-electron chi connectivity index (χ0n) is 17.7. The fraction of sp³-hybridized carbons (Fsp3) is 0.520. The maximum Gasteiger partial charge on any atom is 0.226 e. The number of piperidine rings is 1. The van der Waals surface area contributed by atoms with Gasteiger partial charge in [0.2, 0.25) is 5.91 Å². The van der Waals surface area contributed by atoms with Crippen LogP contribution in [0.5, 0.6) is 0 Å². The van der Waals surface area contributed by atoms with Crippen molar-refractivity contribution in [1.29, 1.82) is 0 Å². The van der Waals surface area contributed by atoms with E-state index >= 15 is 0 Å². The molecule has 1 aliphatic carbocycles. The predicted molar refractivity (Wildman–Crippen MR) is 117 cm³/mol. The van der Waals surface area contributed by atoms with Gasteiger partial charge in [-0.3, -0.25) is 9.78 Å². The molecule has 0 bridgehead atoms. The van der Waals surface area contributed by atoms with Gasteiger partial charge in [-0.1, -0.05) is 24.3 Å². The van der Waals surface area contributed by atoms with E-state index in [9.17, 15) is 4.79 Å². The van der Waals surface area contributed by atoms with Gasteiger partial charge in [-0.25, -0.2) is 0 Å². The molecule has 29 heavy (non-hydrogen) atoms. The first-order chi connectivity index (χ1) is 14.0. The van der Waals surface area contributed by atoms with E-state index in [1.54, 1.807) is 0 Å². The summed E-state index contributed by atoms with van der Waals surface area (Å²) in [7, 11) is 0. The van der Waals surface area contributed by atoms with E-state index in [-0.39, 0.29) is 17.4 Å². The summed E-state index contributed by atoms with van der Waals surface area (Å²) in [5, 5.41) is 3.21. The lowest BCUT2D eigenvalue weighted by Crippen LogP contribution is -2.51. The standard InChI is InChI=1S/C25H33N3O/c1-19(2)27-24(29)25(11-15-28(16-12-25)18-21-3-4-21)17-20-5-7-22(8-6-20)23-9-13-26-14-10-23/h5-10,13-14,19,21H,3-4,11-12,15-18H2,1-2H3,(H,27,29). The Morgan fingerprint density at radius 3 is 2.28 bits per heavy atom. The lowest BCUT2D eigenvalue weighted by atomic mass is 9.72. The molecule has 0 atom stereocenters. The average Bonchev–Trinajstić information content (AvgIpc) is 3.54. The van der Waals surface area contributed by atoms with E-state index in [2.05, 4.69) is 53.3 Å². The Morgan fingerprint density at radius 1 is 1.07 bits per heavy atom. The van der Waals surface area contributed by atoms with Crippen LogP contribution in [0.15, 0.2) is 48.8 Å². The second-order valence-corrected chi connectivity index (χ2v) is 9.26. The molecule has 2 fully saturated rings. The fourth-order valence-electron chi connectivity index (χ4n) is 4.48. The van der Waals surface area contributed by atoms with Crippen LogP contribution in [0.3, 0.4) is 0 Å². The number of benzene rings is 1. The largest absolute Gasteiger partial charge is 0.353 e. The highest BCUT2D eigenvalue weighted by Gasteiger charge is 2.42. The second-order valence-electron chi connectivity index (χ2n) is 9.26. The van der Waals surface area contributed by atoms with Crippen molar-refractivity contribution < 1.29 is 4.79 Å². The van der Waals surface area contributed by atoms with Gasteiger partial charge in [0.05, 0.1) is 5.41 Å². The summed E-state index contributed by atoms with van der Waals surface area (Å²) in [6, 6.07) is 13.0. The molecule has 4 rings (SSSR count). The maximum atomic E-state index is 13.2. The summed E-state index contributed by atoms with van der Waals surface area (Å²) >= 11 is 0. The first-order valence-corrected chi connectivity index (χ1v) is 11.1. The minimum Gasteiger partial charge on any atom is -0.353 e. The van der Waals surface area contributed by atoms with Crippen LogP contribution in [0.4, 0.5) is 0 Å². The fourth-order valence-corrected chi connectivity index (χ4v) is 4.48. The van der Waals surface area contributed by atoms with Crippen molar-refractivity contribution in [2.24, 2.45) is 11.3 Å². The number of amides is 1. The Morgan fingerprint density at radius 2 is 1.69 bits per heavy atom. The van der Waals surface area contributed by atoms with E-state index in [0.29, 0.717) is 0 Å². The Balaban J connectivity index is 1.48. The lowest BCUT2D eigenvalue weighted by molar-refractivity contribution is -0.134. The van der Waals surface area contributed by atoms with Crippen LogP contribution in [0.25, 0.3) is 11.1 Å². The second kappa shape index (κ2) is 8.66. The molecule has 2 aliphatic rings. The van der Waals surface area contributed by atoms with E-state index < -0.39 is 0 Å². The molecule has 1 amide bonds. The number of rotatable bonds is 7. The number of carbonyl (C=O) groups is 1. The van der Waals surface area contributed by atoms with Crippen molar-refractivity contribution in [1.82, 2.24) is 15.2 Å². The summed E-state index contributed by atoms with van der Waals surface area (Å²) in [4.78, 5) is 19.9. The third-order valence-electron chi connectivity index (χ3n) is 6.44. The SMILES string of the molecule is CC(C)NC(=O)C1(Cc2ccc(-c3ccncc3)cc2)CCN(CC2CC2)CC1. The van der Waals surface area contributed by atoms with Crippen molar-refractivity contribution >= 4 is 5.91 Å². The predicted octanol–water partition coefficient (Wildman–Crippen LogP) is 4.31. The third kappa shape index (κ3) is 5.05. The Bertz CT molecular complexity index is 804. The van der Waals surface area contributed by atoms with E-state index in [1.165, 1.54) is 36.1 Å². The molecule has 2 aromatic rings. The minimum absolute atomic E-state index is 0.179. The number of carbonyl (C=O) groups excluding carboxylic acids is 1. The normalized spacial score (nSPS) is 19.3. The minimum atomic E-state index is -0.289. The molecule has 4 heteroatoms. The first kappa shape index (κ1) is 20.1. The van der Waals surface area contributed by atoms with Crippen LogP contribution in [0.2, 0.25) is 0 Å². The van der Waals surface area contributed by atoms with Gasteiger partial charge in [-0.15, -0.1) is 0 Å². The van der Waals surface area contributed by atoms with Gasteiger partial charge >= 0.3 is 0 Å². The highest BCUT2D eigenvalue weighted by Crippen LogP contribution is 2.38. The summed E-state index contributed by atoms with van der Waals surface area (Å²) in [6.45, 7) is 7.41. The smallest absolute Gasteiger partial charge is 0.226 e. The molecule has 2 heterocycles. The molecule has 1 N–H and O–H groups in total. The molecule has 1 saturated heterocycles. The van der Waals surface area contributed by atoms with Crippen molar-refractivity contribution in [3.8, 4) is 11.1 Å². The Kier molecular flexibility index (Phi) is 6.00. The zero-order valence-corrected chi connectivity index (χ0v) is 17.7. The molecule has 1 aromatic heterocycles. The summed E-state index contributed by atoms with van der Waals surface area (Å²) < 4.78 is 0. The van der Waals surface area contributed by atoms with Crippen molar-refractivity contribution in [3.63, 3.8) is 0 Å². The molecular formula is C25H33N3O. The topological polar surface area (TPSA) is 45.2 Å². The molecular weight excluding hydrogens is 358 g/mol. The molecule has 0 spiro atoms. The van der Waals surface area contributed by atoms with E-state index in [1.807, 2.05) is 24.5 Å². The summed E-state index contributed by atoms with van der Waals surface area (Å²) in [5.74, 6) is 1.14. The molecule has 0 unspecified atom stereocenters. The number of hydrogen-bond acceptors (Lipinski definition) is 3. The molecule has 1 saturated carbocycles. The quantitative estimate of drug-likeness (QED) is 0.765. The van der Waals surface area contributed by atoms with Gasteiger partial charge in [0.25, 0.3) is 0 Å². The lowest BCUT2D eigenvalue weighted by Gasteiger charge is -2.41. The van der Waals surface area contributed by atoms with Crippen molar-refractivity contribution in [2.45, 2.75) is 52.0 Å².